The van der Waals surface area contributed by atoms with E-state index in [1.807, 2.05) is 6.92 Å². The van der Waals surface area contributed by atoms with E-state index in [2.05, 4.69) is 52.3 Å². The van der Waals surface area contributed by atoms with Crippen molar-refractivity contribution < 1.29 is 19.8 Å². The minimum atomic E-state index is -0.690. The van der Waals surface area contributed by atoms with Gasteiger partial charge in [0.1, 0.15) is 6.04 Å². The summed E-state index contributed by atoms with van der Waals surface area (Å²) < 4.78 is 0. The van der Waals surface area contributed by atoms with Crippen molar-refractivity contribution in [1.82, 2.24) is 21.5 Å². The van der Waals surface area contributed by atoms with Crippen molar-refractivity contribution in [3.05, 3.63) is 10.4 Å². The average Bonchev–Trinajstić information content (AvgIpc) is 3.58. The van der Waals surface area contributed by atoms with Crippen molar-refractivity contribution in [3.63, 3.8) is 0 Å². The number of aliphatic hydroxyl groups is 2. The Morgan fingerprint density at radius 3 is 2.45 bits per heavy atom. The molecule has 11 nitrogen and oxygen atoms in total. The summed E-state index contributed by atoms with van der Waals surface area (Å²) in [5.74, 6) is 2.20. The molecule has 4 aliphatic carbocycles. The first-order valence-electron chi connectivity index (χ1n) is 16.4. The number of carbonyl (C=O) groups is 2. The number of amides is 2. The van der Waals surface area contributed by atoms with Crippen LogP contribution in [0.25, 0.3) is 10.4 Å². The van der Waals surface area contributed by atoms with Crippen molar-refractivity contribution in [2.75, 3.05) is 6.67 Å². The van der Waals surface area contributed by atoms with E-state index in [1.54, 1.807) is 0 Å². The quantitative estimate of drug-likeness (QED) is 0.0920. The number of nitrogens with zero attached hydrogens (tertiary/aromatic N) is 3. The van der Waals surface area contributed by atoms with Crippen molar-refractivity contribution in [2.24, 2.45) is 51.5 Å². The van der Waals surface area contributed by atoms with E-state index in [1.165, 1.54) is 6.42 Å². The van der Waals surface area contributed by atoms with Gasteiger partial charge in [0.2, 0.25) is 11.8 Å². The lowest BCUT2D eigenvalue weighted by Gasteiger charge is -2.62. The van der Waals surface area contributed by atoms with Crippen LogP contribution in [0.15, 0.2) is 5.11 Å². The van der Waals surface area contributed by atoms with E-state index in [9.17, 15) is 19.8 Å². The van der Waals surface area contributed by atoms with Gasteiger partial charge < -0.3 is 20.8 Å². The smallest absolute Gasteiger partial charge is 0.242 e. The van der Waals surface area contributed by atoms with Gasteiger partial charge in [-0.3, -0.25) is 9.59 Å². The first kappa shape index (κ1) is 31.5. The lowest BCUT2D eigenvalue weighted by Crippen LogP contribution is -2.58. The van der Waals surface area contributed by atoms with E-state index in [0.29, 0.717) is 54.8 Å². The minimum Gasteiger partial charge on any atom is -0.393 e. The van der Waals surface area contributed by atoms with Crippen LogP contribution in [0.5, 0.6) is 0 Å². The molecule has 1 heterocycles. The molecule has 5 rings (SSSR count). The fourth-order valence-corrected chi connectivity index (χ4v) is 10.2. The van der Waals surface area contributed by atoms with E-state index < -0.39 is 6.04 Å². The molecule has 6 N–H and O–H groups in total. The Bertz CT molecular complexity index is 1060. The molecule has 5 fully saturated rings. The number of rotatable bonds is 11. The molecule has 0 aromatic carbocycles. The third kappa shape index (κ3) is 6.18. The summed E-state index contributed by atoms with van der Waals surface area (Å²) in [6, 6.07) is -0.690. The van der Waals surface area contributed by atoms with E-state index in [0.717, 1.165) is 51.4 Å². The highest BCUT2D eigenvalue weighted by molar-refractivity contribution is 5.87. The van der Waals surface area contributed by atoms with Crippen molar-refractivity contribution in [2.45, 2.75) is 129 Å². The number of carbonyl (C=O) groups excluding carboxylic acids is 2. The summed E-state index contributed by atoms with van der Waals surface area (Å²) in [6.45, 7) is 9.04. The van der Waals surface area contributed by atoms with Crippen LogP contribution in [-0.4, -0.2) is 52.6 Å². The lowest BCUT2D eigenvalue weighted by atomic mass is 9.43. The largest absolute Gasteiger partial charge is 0.393 e. The number of fused-ring (bicyclic) bond motifs is 5. The molecule has 2 unspecified atom stereocenters. The first-order chi connectivity index (χ1) is 19.9. The molecule has 0 aromatic heterocycles. The second-order valence-corrected chi connectivity index (χ2v) is 15.1. The Balaban J connectivity index is 1.18. The Kier molecular flexibility index (Phi) is 9.18. The SMILES string of the molecule is C[C@H](CCC(=O)NC(CCC1(C)NN1)C(=O)NCN=[N+]=[N-])[C@H]1CC[C@H]2[C@@H]3C(O)C[C@@H]4C[C@H](O)CC[C@]4(C)[C@H]3CC[C@]12C. The third-order valence-corrected chi connectivity index (χ3v) is 12.8. The van der Waals surface area contributed by atoms with Crippen LogP contribution in [0.2, 0.25) is 0 Å². The number of azide groups is 1. The molecular weight excluding hydrogens is 534 g/mol. The Hall–Kier alpha value is -1.91. The van der Waals surface area contributed by atoms with Gasteiger partial charge in [0, 0.05) is 11.3 Å². The fourth-order valence-electron chi connectivity index (χ4n) is 10.2. The van der Waals surface area contributed by atoms with Crippen molar-refractivity contribution in [3.8, 4) is 0 Å². The molecule has 0 radical (unpaired) electrons. The predicted octanol–water partition coefficient (Wildman–Crippen LogP) is 3.87. The molecule has 0 bridgehead atoms. The summed E-state index contributed by atoms with van der Waals surface area (Å²) in [5, 5.41) is 30.8. The highest BCUT2D eigenvalue weighted by Crippen LogP contribution is 2.68. The normalized spacial score (nSPS) is 41.2. The van der Waals surface area contributed by atoms with Gasteiger partial charge in [-0.1, -0.05) is 25.9 Å². The topological polar surface area (TPSA) is 191 Å². The van der Waals surface area contributed by atoms with Crippen LogP contribution in [0.4, 0.5) is 0 Å². The molecule has 2 amide bonds. The van der Waals surface area contributed by atoms with Crippen LogP contribution in [0, 0.1) is 46.3 Å². The number of hydrazine groups is 1. The van der Waals surface area contributed by atoms with Gasteiger partial charge >= 0.3 is 0 Å². The van der Waals surface area contributed by atoms with Crippen LogP contribution < -0.4 is 21.5 Å². The van der Waals surface area contributed by atoms with Crippen LogP contribution in [0.3, 0.4) is 0 Å². The van der Waals surface area contributed by atoms with E-state index in [4.69, 9.17) is 5.53 Å². The summed E-state index contributed by atoms with van der Waals surface area (Å²) in [5.41, 5.74) is 14.8. The van der Waals surface area contributed by atoms with Crippen molar-refractivity contribution in [1.29, 1.82) is 0 Å². The molecule has 4 saturated carbocycles. The molecule has 0 spiro atoms. The highest BCUT2D eigenvalue weighted by Gasteiger charge is 2.62. The van der Waals surface area contributed by atoms with Gasteiger partial charge in [0.15, 0.2) is 0 Å². The predicted molar refractivity (Wildman–Crippen MR) is 159 cm³/mol. The molecule has 5 aliphatic rings. The molecule has 42 heavy (non-hydrogen) atoms. The van der Waals surface area contributed by atoms with Gasteiger partial charge in [-0.2, -0.15) is 0 Å². The van der Waals surface area contributed by atoms with Gasteiger partial charge in [0.05, 0.1) is 24.5 Å². The minimum absolute atomic E-state index is 0.128. The van der Waals surface area contributed by atoms with Crippen LogP contribution >= 0.6 is 0 Å². The average molecular weight is 588 g/mol. The third-order valence-electron chi connectivity index (χ3n) is 12.8. The summed E-state index contributed by atoms with van der Waals surface area (Å²) in [6.07, 6.45) is 9.99. The van der Waals surface area contributed by atoms with Crippen LogP contribution in [0.1, 0.15) is 105 Å². The molecule has 236 valence electrons. The zero-order chi connectivity index (χ0) is 30.3. The zero-order valence-corrected chi connectivity index (χ0v) is 25.9. The second kappa shape index (κ2) is 12.2. The summed E-state index contributed by atoms with van der Waals surface area (Å²) >= 11 is 0. The molecule has 11 atom stereocenters. The van der Waals surface area contributed by atoms with Crippen molar-refractivity contribution >= 4 is 11.8 Å². The molecule has 0 aromatic rings. The van der Waals surface area contributed by atoms with E-state index in [-0.39, 0.29) is 47.2 Å². The fraction of sp³-hybridized carbons (Fsp3) is 0.935. The monoisotopic (exact) mass is 587 g/mol. The van der Waals surface area contributed by atoms with Gasteiger partial charge in [0.25, 0.3) is 0 Å². The maximum atomic E-state index is 13.1. The van der Waals surface area contributed by atoms with Gasteiger partial charge in [-0.15, -0.1) is 0 Å². The van der Waals surface area contributed by atoms with Gasteiger partial charge in [-0.25, -0.2) is 10.9 Å². The summed E-state index contributed by atoms with van der Waals surface area (Å²) in [4.78, 5) is 28.5. The number of nitrogens with one attached hydrogen (secondary N) is 4. The maximum Gasteiger partial charge on any atom is 0.242 e. The lowest BCUT2D eigenvalue weighted by molar-refractivity contribution is -0.174. The number of hydrogen-bond donors (Lipinski definition) is 6. The zero-order valence-electron chi connectivity index (χ0n) is 25.9. The Labute approximate surface area is 250 Å². The maximum absolute atomic E-state index is 13.1. The highest BCUT2D eigenvalue weighted by atomic mass is 16.3. The molecular formula is C31H53N7O4. The van der Waals surface area contributed by atoms with E-state index >= 15 is 0 Å². The standard InChI is InChI=1S/C31H53N7O4/c1-18(5-8-26(41)35-24(11-14-31(4)36-37-31)28(42)33-17-34-38-32)21-6-7-22-27-23(10-13-30(21,22)3)29(2)12-9-20(39)15-19(29)16-25(27)40/h18-25,27,36-37,39-40H,5-17H2,1-4H3,(H,33,42)(H,35,41)/t18-,19+,20-,21-,22+,23+,24?,25?,27+,29+,30-/m1/s1. The summed E-state index contributed by atoms with van der Waals surface area (Å²) in [7, 11) is 0. The molecule has 1 saturated heterocycles. The van der Waals surface area contributed by atoms with Gasteiger partial charge in [-0.05, 0) is 129 Å². The number of aliphatic hydroxyl groups excluding tert-OH is 2. The Morgan fingerprint density at radius 1 is 1.02 bits per heavy atom. The Morgan fingerprint density at radius 2 is 1.74 bits per heavy atom. The molecule has 11 heteroatoms. The van der Waals surface area contributed by atoms with Crippen LogP contribution in [-0.2, 0) is 9.59 Å². The number of hydrogen-bond acceptors (Lipinski definition) is 7. The second-order valence-electron chi connectivity index (χ2n) is 15.1. The molecule has 1 aliphatic heterocycles. The first-order valence-corrected chi connectivity index (χ1v) is 16.4.